The van der Waals surface area contributed by atoms with Crippen LogP contribution in [0.2, 0.25) is 0 Å². The number of rotatable bonds is 0. The fourth-order valence-corrected chi connectivity index (χ4v) is 2.67. The van der Waals surface area contributed by atoms with Gasteiger partial charge in [-0.15, -0.1) is 0 Å². The Morgan fingerprint density at radius 2 is 2.33 bits per heavy atom. The van der Waals surface area contributed by atoms with Crippen LogP contribution in [0, 0.1) is 5.92 Å². The summed E-state index contributed by atoms with van der Waals surface area (Å²) >= 11 is 0. The van der Waals surface area contributed by atoms with Crippen molar-refractivity contribution in [1.29, 1.82) is 0 Å². The molecule has 2 atom stereocenters. The Balaban J connectivity index is 2.77. The minimum absolute atomic E-state index is 0.166. The second-order valence-electron chi connectivity index (χ2n) is 2.51. The van der Waals surface area contributed by atoms with Crippen LogP contribution in [0.25, 0.3) is 0 Å². The van der Waals surface area contributed by atoms with Crippen LogP contribution in [-0.4, -0.2) is 18.8 Å². The van der Waals surface area contributed by atoms with Gasteiger partial charge in [0.15, 0.2) is 0 Å². The molecule has 0 aromatic carbocycles. The van der Waals surface area contributed by atoms with Gasteiger partial charge in [0.25, 0.3) is 0 Å². The molecule has 1 rings (SSSR count). The molecule has 0 amide bonds. The molecule has 0 radical (unpaired) electrons. The lowest BCUT2D eigenvalue weighted by Crippen LogP contribution is -2.03. The van der Waals surface area contributed by atoms with Crippen molar-refractivity contribution in [2.45, 2.75) is 6.92 Å². The molecule has 0 saturated carbocycles. The normalized spacial score (nSPS) is 42.9. The zero-order valence-corrected chi connectivity index (χ0v) is 6.35. The summed E-state index contributed by atoms with van der Waals surface area (Å²) in [4.78, 5) is 10.6. The van der Waals surface area contributed by atoms with Crippen molar-refractivity contribution in [3.63, 3.8) is 0 Å². The first kappa shape index (κ1) is 6.81. The molecule has 4 heteroatoms. The van der Waals surface area contributed by atoms with Gasteiger partial charge in [-0.2, -0.15) is 0 Å². The van der Waals surface area contributed by atoms with E-state index in [-0.39, 0.29) is 11.9 Å². The fourth-order valence-electron chi connectivity index (χ4n) is 0.890. The van der Waals surface area contributed by atoms with Gasteiger partial charge in [0.2, 0.25) is 7.37 Å². The van der Waals surface area contributed by atoms with E-state index in [2.05, 4.69) is 4.52 Å². The van der Waals surface area contributed by atoms with Crippen molar-refractivity contribution in [3.05, 3.63) is 0 Å². The van der Waals surface area contributed by atoms with E-state index in [1.165, 1.54) is 6.66 Å². The highest BCUT2D eigenvalue weighted by atomic mass is 31.2. The molecule has 0 N–H and O–H groups in total. The average Bonchev–Trinajstić information content (AvgIpc) is 1.79. The van der Waals surface area contributed by atoms with Crippen molar-refractivity contribution < 1.29 is 13.9 Å². The van der Waals surface area contributed by atoms with Crippen molar-refractivity contribution in [2.24, 2.45) is 5.92 Å². The van der Waals surface area contributed by atoms with Gasteiger partial charge in [-0.3, -0.25) is 9.36 Å². The summed E-state index contributed by atoms with van der Waals surface area (Å²) in [7, 11) is -2.51. The summed E-state index contributed by atoms with van der Waals surface area (Å²) in [6, 6.07) is 0. The summed E-state index contributed by atoms with van der Waals surface area (Å²) in [6.07, 6.45) is 0.409. The van der Waals surface area contributed by atoms with Crippen LogP contribution in [-0.2, 0) is 13.9 Å². The quantitative estimate of drug-likeness (QED) is 0.483. The van der Waals surface area contributed by atoms with Crippen molar-refractivity contribution >= 4 is 13.3 Å². The molecular formula is C5H9O3P. The first-order valence-electron chi connectivity index (χ1n) is 2.81. The largest absolute Gasteiger partial charge is 0.412 e. The Labute approximate surface area is 53.8 Å². The van der Waals surface area contributed by atoms with Gasteiger partial charge < -0.3 is 4.52 Å². The van der Waals surface area contributed by atoms with E-state index in [1.807, 2.05) is 0 Å². The molecule has 1 saturated heterocycles. The topological polar surface area (TPSA) is 43.4 Å². The molecule has 0 aliphatic carbocycles. The van der Waals surface area contributed by atoms with Crippen LogP contribution in [0.3, 0.4) is 0 Å². The van der Waals surface area contributed by atoms with E-state index >= 15 is 0 Å². The highest BCUT2D eigenvalue weighted by molar-refractivity contribution is 7.59. The molecule has 0 aromatic rings. The lowest BCUT2D eigenvalue weighted by molar-refractivity contribution is -0.135. The SMILES string of the molecule is CC1CP(C)(=O)OC1=O. The fraction of sp³-hybridized carbons (Fsp3) is 0.800. The lowest BCUT2D eigenvalue weighted by Gasteiger charge is -1.98. The summed E-state index contributed by atoms with van der Waals surface area (Å²) in [5.41, 5.74) is 0. The van der Waals surface area contributed by atoms with Gasteiger partial charge in [-0.1, -0.05) is 6.92 Å². The first-order chi connectivity index (χ1) is 4.01. The molecule has 3 nitrogen and oxygen atoms in total. The Kier molecular flexibility index (Phi) is 1.39. The monoisotopic (exact) mass is 148 g/mol. The average molecular weight is 148 g/mol. The smallest absolute Gasteiger partial charge is 0.314 e. The van der Waals surface area contributed by atoms with Crippen LogP contribution in [0.4, 0.5) is 0 Å². The van der Waals surface area contributed by atoms with E-state index in [0.717, 1.165) is 0 Å². The molecule has 2 unspecified atom stereocenters. The van der Waals surface area contributed by atoms with E-state index < -0.39 is 7.37 Å². The van der Waals surface area contributed by atoms with Gasteiger partial charge in [0.05, 0.1) is 5.92 Å². The second kappa shape index (κ2) is 1.84. The molecular weight excluding hydrogens is 139 g/mol. The van der Waals surface area contributed by atoms with Gasteiger partial charge in [0.1, 0.15) is 0 Å². The summed E-state index contributed by atoms with van der Waals surface area (Å²) in [6.45, 7) is 3.22. The van der Waals surface area contributed by atoms with Crippen LogP contribution < -0.4 is 0 Å². The highest BCUT2D eigenvalue weighted by Crippen LogP contribution is 2.50. The van der Waals surface area contributed by atoms with E-state index in [0.29, 0.717) is 6.16 Å². The van der Waals surface area contributed by atoms with E-state index in [1.54, 1.807) is 6.92 Å². The molecule has 0 bridgehead atoms. The maximum absolute atomic E-state index is 11.0. The van der Waals surface area contributed by atoms with Crippen LogP contribution >= 0.6 is 7.37 Å². The minimum Gasteiger partial charge on any atom is -0.412 e. The van der Waals surface area contributed by atoms with Gasteiger partial charge in [0, 0.05) is 12.8 Å². The summed E-state index contributed by atoms with van der Waals surface area (Å²) in [5.74, 6) is -0.485. The molecule has 1 aliphatic heterocycles. The second-order valence-corrected chi connectivity index (χ2v) is 5.08. The zero-order valence-electron chi connectivity index (χ0n) is 5.46. The van der Waals surface area contributed by atoms with Gasteiger partial charge in [-0.05, 0) is 0 Å². The van der Waals surface area contributed by atoms with E-state index in [9.17, 15) is 9.36 Å². The third-order valence-electron chi connectivity index (χ3n) is 1.29. The number of hydrogen-bond donors (Lipinski definition) is 0. The Morgan fingerprint density at radius 3 is 2.44 bits per heavy atom. The maximum Gasteiger partial charge on any atom is 0.314 e. The first-order valence-corrected chi connectivity index (χ1v) is 5.07. The predicted octanol–water partition coefficient (Wildman–Crippen LogP) is 1.09. The van der Waals surface area contributed by atoms with Crippen LogP contribution in [0.15, 0.2) is 0 Å². The predicted molar refractivity (Wildman–Crippen MR) is 33.7 cm³/mol. The van der Waals surface area contributed by atoms with Crippen LogP contribution in [0.1, 0.15) is 6.92 Å². The number of carbonyl (C=O) groups is 1. The van der Waals surface area contributed by atoms with Gasteiger partial charge in [-0.25, -0.2) is 0 Å². The Morgan fingerprint density at radius 1 is 1.78 bits per heavy atom. The molecule has 52 valence electrons. The minimum atomic E-state index is -2.51. The van der Waals surface area contributed by atoms with Crippen molar-refractivity contribution in [2.75, 3.05) is 12.8 Å². The van der Waals surface area contributed by atoms with Crippen molar-refractivity contribution in [1.82, 2.24) is 0 Å². The summed E-state index contributed by atoms with van der Waals surface area (Å²) < 4.78 is 15.6. The summed E-state index contributed by atoms with van der Waals surface area (Å²) in [5, 5.41) is 0. The molecule has 0 spiro atoms. The zero-order chi connectivity index (χ0) is 7.07. The highest BCUT2D eigenvalue weighted by Gasteiger charge is 2.36. The van der Waals surface area contributed by atoms with Crippen molar-refractivity contribution in [3.8, 4) is 0 Å². The molecule has 0 aromatic heterocycles. The molecule has 1 heterocycles. The lowest BCUT2D eigenvalue weighted by atomic mass is 10.2. The standard InChI is InChI=1S/C5H9O3P/c1-4-3-9(2,7)8-5(4)6/h4H,3H2,1-2H3. The molecule has 1 aliphatic rings. The molecule has 1 fully saturated rings. The van der Waals surface area contributed by atoms with Crippen LogP contribution in [0.5, 0.6) is 0 Å². The Hall–Kier alpha value is -0.300. The molecule has 9 heavy (non-hydrogen) atoms. The maximum atomic E-state index is 11.0. The third-order valence-corrected chi connectivity index (χ3v) is 3.07. The third kappa shape index (κ3) is 1.33. The number of hydrogen-bond acceptors (Lipinski definition) is 3. The number of carbonyl (C=O) groups excluding carboxylic acids is 1. The Bertz CT molecular complexity index is 187. The van der Waals surface area contributed by atoms with Gasteiger partial charge >= 0.3 is 5.97 Å². The van der Waals surface area contributed by atoms with E-state index in [4.69, 9.17) is 0 Å².